The van der Waals surface area contributed by atoms with Gasteiger partial charge in [0.15, 0.2) is 0 Å². The smallest absolute Gasteiger partial charge is 0.132 e. The molecule has 1 heterocycles. The van der Waals surface area contributed by atoms with E-state index in [-0.39, 0.29) is 0 Å². The average molecular weight is 306 g/mol. The van der Waals surface area contributed by atoms with Gasteiger partial charge in [-0.2, -0.15) is 0 Å². The van der Waals surface area contributed by atoms with E-state index >= 15 is 0 Å². The van der Waals surface area contributed by atoms with Gasteiger partial charge in [-0.05, 0) is 31.0 Å². The zero-order chi connectivity index (χ0) is 14.3. The van der Waals surface area contributed by atoms with Gasteiger partial charge in [0.25, 0.3) is 0 Å². The van der Waals surface area contributed by atoms with Crippen LogP contribution in [0.2, 0.25) is 10.0 Å². The molecule has 3 nitrogen and oxygen atoms in total. The third-order valence-electron chi connectivity index (χ3n) is 3.41. The van der Waals surface area contributed by atoms with E-state index in [9.17, 15) is 0 Å². The highest BCUT2D eigenvalue weighted by atomic mass is 35.5. The molecule has 1 saturated carbocycles. The van der Waals surface area contributed by atoms with E-state index < -0.39 is 0 Å². The normalized spacial score (nSPS) is 14.2. The minimum absolute atomic E-state index is 0.426. The van der Waals surface area contributed by atoms with Crippen LogP contribution in [-0.2, 0) is 6.54 Å². The second-order valence-corrected chi connectivity index (χ2v) is 5.74. The summed E-state index contributed by atoms with van der Waals surface area (Å²) in [4.78, 5) is 4.67. The van der Waals surface area contributed by atoms with Crippen molar-refractivity contribution in [3.63, 3.8) is 0 Å². The Hall–Kier alpha value is -1.63. The van der Waals surface area contributed by atoms with Gasteiger partial charge in [-0.3, -0.25) is 0 Å². The first-order chi connectivity index (χ1) is 9.61. The van der Waals surface area contributed by atoms with Crippen molar-refractivity contribution >= 4 is 29.0 Å². The Morgan fingerprint density at radius 2 is 2.15 bits per heavy atom. The molecule has 0 aliphatic heterocycles. The summed E-state index contributed by atoms with van der Waals surface area (Å²) in [5, 5.41) is 1.12. The lowest BCUT2D eigenvalue weighted by Gasteiger charge is -2.05. The van der Waals surface area contributed by atoms with Crippen LogP contribution in [0.1, 0.15) is 24.6 Å². The fourth-order valence-corrected chi connectivity index (χ4v) is 2.77. The van der Waals surface area contributed by atoms with Gasteiger partial charge in [0, 0.05) is 16.5 Å². The average Bonchev–Trinajstić information content (AvgIpc) is 3.19. The van der Waals surface area contributed by atoms with Crippen molar-refractivity contribution in [3.8, 4) is 23.6 Å². The zero-order valence-corrected chi connectivity index (χ0v) is 12.2. The fraction of sp³-hybridized carbons (Fsp3) is 0.267. The Balaban J connectivity index is 2.14. The second kappa shape index (κ2) is 5.05. The number of aromatic nitrogens is 2. The van der Waals surface area contributed by atoms with Crippen molar-refractivity contribution in [1.82, 2.24) is 9.55 Å². The summed E-state index contributed by atoms with van der Waals surface area (Å²) in [5.74, 6) is 4.61. The molecule has 1 aliphatic rings. The van der Waals surface area contributed by atoms with Gasteiger partial charge < -0.3 is 10.3 Å². The molecular weight excluding hydrogens is 293 g/mol. The van der Waals surface area contributed by atoms with Crippen LogP contribution in [0.3, 0.4) is 0 Å². The Bertz CT molecular complexity index is 709. The van der Waals surface area contributed by atoms with Crippen molar-refractivity contribution in [2.75, 3.05) is 5.73 Å². The van der Waals surface area contributed by atoms with Crippen LogP contribution in [0.25, 0.3) is 11.3 Å². The van der Waals surface area contributed by atoms with Gasteiger partial charge in [-0.25, -0.2) is 4.98 Å². The molecule has 0 amide bonds. The molecule has 2 N–H and O–H groups in total. The highest BCUT2D eigenvalue weighted by molar-refractivity contribution is 6.36. The second-order valence-electron chi connectivity index (χ2n) is 4.89. The number of halogens is 2. The van der Waals surface area contributed by atoms with Crippen LogP contribution in [0, 0.1) is 12.3 Å². The predicted octanol–water partition coefficient (Wildman–Crippen LogP) is 3.95. The number of terminal acetylenes is 1. The summed E-state index contributed by atoms with van der Waals surface area (Å²) in [6.07, 6.45) is 7.69. The first-order valence-electron chi connectivity index (χ1n) is 6.36. The molecule has 20 heavy (non-hydrogen) atoms. The van der Waals surface area contributed by atoms with Gasteiger partial charge in [-0.15, -0.1) is 6.42 Å². The summed E-state index contributed by atoms with van der Waals surface area (Å²) in [5.41, 5.74) is 7.68. The van der Waals surface area contributed by atoms with E-state index in [0.717, 1.165) is 24.2 Å². The molecule has 5 heteroatoms. The quantitative estimate of drug-likeness (QED) is 0.873. The molecule has 102 valence electrons. The SMILES string of the molecule is C#CCn1c(C2CC2)nc(-c2ccc(Cl)cc2Cl)c1N. The molecule has 0 atom stereocenters. The summed E-state index contributed by atoms with van der Waals surface area (Å²) in [7, 11) is 0. The van der Waals surface area contributed by atoms with Gasteiger partial charge in [0.2, 0.25) is 0 Å². The first kappa shape index (κ1) is 13.4. The molecule has 0 saturated heterocycles. The van der Waals surface area contributed by atoms with E-state index in [1.54, 1.807) is 12.1 Å². The lowest BCUT2D eigenvalue weighted by atomic mass is 10.1. The Morgan fingerprint density at radius 3 is 2.75 bits per heavy atom. The van der Waals surface area contributed by atoms with Crippen molar-refractivity contribution < 1.29 is 0 Å². The van der Waals surface area contributed by atoms with E-state index in [0.29, 0.717) is 34.0 Å². The number of imidazole rings is 1. The third-order valence-corrected chi connectivity index (χ3v) is 3.96. The molecule has 1 aromatic heterocycles. The van der Waals surface area contributed by atoms with Gasteiger partial charge in [-0.1, -0.05) is 29.1 Å². The van der Waals surface area contributed by atoms with Gasteiger partial charge in [0.05, 0.1) is 11.6 Å². The molecule has 2 aromatic rings. The lowest BCUT2D eigenvalue weighted by molar-refractivity contribution is 0.762. The lowest BCUT2D eigenvalue weighted by Crippen LogP contribution is -2.05. The Morgan fingerprint density at radius 1 is 1.40 bits per heavy atom. The molecule has 0 spiro atoms. The predicted molar refractivity (Wildman–Crippen MR) is 82.9 cm³/mol. The monoisotopic (exact) mass is 305 g/mol. The van der Waals surface area contributed by atoms with Crippen LogP contribution >= 0.6 is 23.2 Å². The molecule has 0 bridgehead atoms. The van der Waals surface area contributed by atoms with Crippen molar-refractivity contribution in [1.29, 1.82) is 0 Å². The number of nitrogens with zero attached hydrogens (tertiary/aromatic N) is 2. The van der Waals surface area contributed by atoms with Crippen molar-refractivity contribution in [2.24, 2.45) is 0 Å². The van der Waals surface area contributed by atoms with E-state index in [2.05, 4.69) is 10.9 Å². The third kappa shape index (κ3) is 2.26. The topological polar surface area (TPSA) is 43.8 Å². The van der Waals surface area contributed by atoms with Crippen LogP contribution in [0.15, 0.2) is 18.2 Å². The summed E-state index contributed by atoms with van der Waals surface area (Å²) < 4.78 is 1.90. The molecule has 3 rings (SSSR count). The highest BCUT2D eigenvalue weighted by Gasteiger charge is 2.31. The number of nitrogen functional groups attached to an aromatic ring is 1. The minimum atomic E-state index is 0.426. The number of nitrogens with two attached hydrogens (primary N) is 1. The standard InChI is InChI=1S/C15H13Cl2N3/c1-2-7-20-14(18)13(19-15(20)9-3-4-9)11-6-5-10(16)8-12(11)17/h1,5-6,8-9H,3-4,7,18H2. The summed E-state index contributed by atoms with van der Waals surface area (Å²) in [6, 6.07) is 5.30. The van der Waals surface area contributed by atoms with Crippen molar-refractivity contribution in [3.05, 3.63) is 34.1 Å². The molecule has 0 unspecified atom stereocenters. The summed E-state index contributed by atoms with van der Waals surface area (Å²) >= 11 is 12.2. The summed E-state index contributed by atoms with van der Waals surface area (Å²) in [6.45, 7) is 0.426. The van der Waals surface area contributed by atoms with Gasteiger partial charge >= 0.3 is 0 Å². The van der Waals surface area contributed by atoms with Crippen LogP contribution in [0.4, 0.5) is 5.82 Å². The zero-order valence-electron chi connectivity index (χ0n) is 10.7. The molecule has 1 fully saturated rings. The Kier molecular flexibility index (Phi) is 3.37. The maximum atomic E-state index is 6.24. The van der Waals surface area contributed by atoms with Crippen LogP contribution in [0.5, 0.6) is 0 Å². The number of rotatable bonds is 3. The van der Waals surface area contributed by atoms with Crippen LogP contribution < -0.4 is 5.73 Å². The number of hydrogen-bond donors (Lipinski definition) is 1. The van der Waals surface area contributed by atoms with Gasteiger partial charge in [0.1, 0.15) is 17.3 Å². The Labute approximate surface area is 127 Å². The number of anilines is 1. The van der Waals surface area contributed by atoms with E-state index in [1.165, 1.54) is 0 Å². The van der Waals surface area contributed by atoms with E-state index in [4.69, 9.17) is 35.4 Å². The maximum Gasteiger partial charge on any atom is 0.132 e. The fourth-order valence-electron chi connectivity index (χ4n) is 2.27. The largest absolute Gasteiger partial charge is 0.383 e. The maximum absolute atomic E-state index is 6.24. The van der Waals surface area contributed by atoms with E-state index in [1.807, 2.05) is 10.6 Å². The number of hydrogen-bond acceptors (Lipinski definition) is 2. The highest BCUT2D eigenvalue weighted by Crippen LogP contribution is 2.43. The minimum Gasteiger partial charge on any atom is -0.383 e. The molecule has 1 aliphatic carbocycles. The number of benzene rings is 1. The van der Waals surface area contributed by atoms with Crippen molar-refractivity contribution in [2.45, 2.75) is 25.3 Å². The van der Waals surface area contributed by atoms with Crippen LogP contribution in [-0.4, -0.2) is 9.55 Å². The first-order valence-corrected chi connectivity index (χ1v) is 7.12. The molecular formula is C15H13Cl2N3. The molecule has 1 aromatic carbocycles. The molecule has 0 radical (unpaired) electrons.